The van der Waals surface area contributed by atoms with Gasteiger partial charge in [0, 0.05) is 37.8 Å². The number of carbonyl (C=O) groups excluding carboxylic acids is 1. The van der Waals surface area contributed by atoms with Crippen LogP contribution < -0.4 is 4.90 Å². The number of aromatic nitrogens is 1. The van der Waals surface area contributed by atoms with E-state index in [0.29, 0.717) is 5.56 Å². The van der Waals surface area contributed by atoms with Gasteiger partial charge < -0.3 is 14.9 Å². The third-order valence-corrected chi connectivity index (χ3v) is 6.43. The lowest BCUT2D eigenvalue weighted by molar-refractivity contribution is 0.0408. The minimum Gasteiger partial charge on any atom is -0.392 e. The lowest BCUT2D eigenvalue weighted by Crippen LogP contribution is -2.47. The Hall–Kier alpha value is -1.62. The van der Waals surface area contributed by atoms with Crippen molar-refractivity contribution in [3.63, 3.8) is 0 Å². The van der Waals surface area contributed by atoms with Crippen LogP contribution in [-0.4, -0.2) is 53.2 Å². The fourth-order valence-corrected chi connectivity index (χ4v) is 4.93. The molecule has 2 saturated heterocycles. The van der Waals surface area contributed by atoms with Crippen molar-refractivity contribution in [3.8, 4) is 0 Å². The summed E-state index contributed by atoms with van der Waals surface area (Å²) in [7, 11) is 0. The minimum atomic E-state index is -0.171. The molecule has 1 saturated carbocycles. The zero-order valence-corrected chi connectivity index (χ0v) is 15.0. The van der Waals surface area contributed by atoms with E-state index in [1.165, 1.54) is 6.42 Å². The largest absolute Gasteiger partial charge is 0.392 e. The Labute approximate surface area is 150 Å². The first-order valence-corrected chi connectivity index (χ1v) is 9.86. The molecular formula is C20H29N3O2. The molecule has 1 aromatic heterocycles. The molecule has 136 valence electrons. The molecule has 5 heteroatoms. The maximum Gasteiger partial charge on any atom is 0.255 e. The highest BCUT2D eigenvalue weighted by atomic mass is 16.3. The maximum absolute atomic E-state index is 12.6. The number of amides is 1. The van der Waals surface area contributed by atoms with Crippen LogP contribution in [0.5, 0.6) is 0 Å². The van der Waals surface area contributed by atoms with Crippen molar-refractivity contribution < 1.29 is 9.90 Å². The molecule has 3 fully saturated rings. The third kappa shape index (κ3) is 3.26. The van der Waals surface area contributed by atoms with Crippen molar-refractivity contribution in [2.24, 2.45) is 5.41 Å². The Bertz CT molecular complexity index is 612. The van der Waals surface area contributed by atoms with Crippen LogP contribution in [0.2, 0.25) is 0 Å². The quantitative estimate of drug-likeness (QED) is 0.897. The Balaban J connectivity index is 1.45. The van der Waals surface area contributed by atoms with Crippen LogP contribution in [0.4, 0.5) is 5.82 Å². The van der Waals surface area contributed by atoms with Gasteiger partial charge in [0.2, 0.25) is 0 Å². The number of likely N-dealkylation sites (tertiary alicyclic amines) is 1. The molecule has 2 atom stereocenters. The Morgan fingerprint density at radius 3 is 2.56 bits per heavy atom. The lowest BCUT2D eigenvalue weighted by atomic mass is 9.77. The third-order valence-electron chi connectivity index (χ3n) is 6.43. The number of aliphatic hydroxyl groups excluding tert-OH is 1. The first-order valence-electron chi connectivity index (χ1n) is 9.86. The fourth-order valence-electron chi connectivity index (χ4n) is 4.93. The summed E-state index contributed by atoms with van der Waals surface area (Å²) < 4.78 is 0. The molecule has 1 aliphatic carbocycles. The van der Waals surface area contributed by atoms with E-state index in [9.17, 15) is 9.90 Å². The molecule has 25 heavy (non-hydrogen) atoms. The van der Waals surface area contributed by atoms with E-state index in [1.54, 1.807) is 6.20 Å². The monoisotopic (exact) mass is 343 g/mol. The van der Waals surface area contributed by atoms with Crippen molar-refractivity contribution in [3.05, 3.63) is 23.9 Å². The smallest absolute Gasteiger partial charge is 0.255 e. The number of carbonyl (C=O) groups is 1. The Morgan fingerprint density at radius 2 is 1.88 bits per heavy atom. The van der Waals surface area contributed by atoms with Crippen molar-refractivity contribution in [2.75, 3.05) is 31.1 Å². The van der Waals surface area contributed by atoms with Crippen molar-refractivity contribution in [1.82, 2.24) is 9.88 Å². The highest BCUT2D eigenvalue weighted by molar-refractivity contribution is 5.94. The van der Waals surface area contributed by atoms with E-state index >= 15 is 0 Å². The standard InChI is InChI=1S/C20H29N3O2/c24-17-6-4-9-20(17)10-5-13-23(15-20)18-8-7-16(14-21-18)19(25)22-11-2-1-3-12-22/h7-8,14,17,24H,1-6,9-13,15H2/t17-,20+/m1/s1. The van der Waals surface area contributed by atoms with Gasteiger partial charge in [-0.2, -0.15) is 0 Å². The molecule has 0 aromatic carbocycles. The van der Waals surface area contributed by atoms with Gasteiger partial charge in [-0.05, 0) is 57.1 Å². The second kappa shape index (κ2) is 6.94. The van der Waals surface area contributed by atoms with Crippen LogP contribution in [-0.2, 0) is 0 Å². The summed E-state index contributed by atoms with van der Waals surface area (Å²) >= 11 is 0. The predicted molar refractivity (Wildman–Crippen MR) is 97.7 cm³/mol. The molecule has 3 aliphatic rings. The van der Waals surface area contributed by atoms with Crippen LogP contribution in [0.1, 0.15) is 61.7 Å². The SMILES string of the molecule is O=C(c1ccc(N2CCC[C@@]3(CCC[C@H]3O)C2)nc1)N1CCCCC1. The molecular weight excluding hydrogens is 314 g/mol. The topological polar surface area (TPSA) is 56.7 Å². The zero-order valence-electron chi connectivity index (χ0n) is 15.0. The molecule has 4 rings (SSSR count). The highest BCUT2D eigenvalue weighted by Crippen LogP contribution is 2.45. The highest BCUT2D eigenvalue weighted by Gasteiger charge is 2.44. The number of aliphatic hydroxyl groups is 1. The summed E-state index contributed by atoms with van der Waals surface area (Å²) in [6, 6.07) is 3.91. The molecule has 0 unspecified atom stereocenters. The van der Waals surface area contributed by atoms with Gasteiger partial charge in [0.25, 0.3) is 5.91 Å². The van der Waals surface area contributed by atoms with E-state index in [-0.39, 0.29) is 17.4 Å². The number of hydrogen-bond acceptors (Lipinski definition) is 4. The summed E-state index contributed by atoms with van der Waals surface area (Å²) in [5, 5.41) is 10.4. The second-order valence-electron chi connectivity index (χ2n) is 8.05. The number of nitrogens with zero attached hydrogens (tertiary/aromatic N) is 3. The average Bonchev–Trinajstić information content (AvgIpc) is 3.01. The number of rotatable bonds is 2. The van der Waals surface area contributed by atoms with Gasteiger partial charge in [-0.3, -0.25) is 4.79 Å². The number of anilines is 1. The van der Waals surface area contributed by atoms with E-state index in [1.807, 2.05) is 17.0 Å². The molecule has 2 aliphatic heterocycles. The van der Waals surface area contributed by atoms with Gasteiger partial charge in [-0.1, -0.05) is 6.42 Å². The van der Waals surface area contributed by atoms with Gasteiger partial charge in [-0.25, -0.2) is 4.98 Å². The van der Waals surface area contributed by atoms with E-state index < -0.39 is 0 Å². The second-order valence-corrected chi connectivity index (χ2v) is 8.05. The number of piperidine rings is 2. The molecule has 1 aromatic rings. The van der Waals surface area contributed by atoms with E-state index in [2.05, 4.69) is 9.88 Å². The molecule has 3 heterocycles. The average molecular weight is 343 g/mol. The molecule has 5 nitrogen and oxygen atoms in total. The van der Waals surface area contributed by atoms with Gasteiger partial charge in [-0.15, -0.1) is 0 Å². The fraction of sp³-hybridized carbons (Fsp3) is 0.700. The van der Waals surface area contributed by atoms with Crippen LogP contribution >= 0.6 is 0 Å². The van der Waals surface area contributed by atoms with Gasteiger partial charge in [0.1, 0.15) is 5.82 Å². The molecule has 1 N–H and O–H groups in total. The maximum atomic E-state index is 12.6. The number of hydrogen-bond donors (Lipinski definition) is 1. The molecule has 1 spiro atoms. The van der Waals surface area contributed by atoms with Crippen molar-refractivity contribution in [1.29, 1.82) is 0 Å². The van der Waals surface area contributed by atoms with Crippen LogP contribution in [0.25, 0.3) is 0 Å². The van der Waals surface area contributed by atoms with Crippen LogP contribution in [0.15, 0.2) is 18.3 Å². The first-order chi connectivity index (χ1) is 12.2. The van der Waals surface area contributed by atoms with Crippen molar-refractivity contribution in [2.45, 2.75) is 57.5 Å². The zero-order chi connectivity index (χ0) is 17.3. The summed E-state index contributed by atoms with van der Waals surface area (Å²) in [6.45, 7) is 3.61. The normalized spacial score (nSPS) is 30.0. The molecule has 0 radical (unpaired) electrons. The van der Waals surface area contributed by atoms with Crippen LogP contribution in [0.3, 0.4) is 0 Å². The number of pyridine rings is 1. The minimum absolute atomic E-state index is 0.0578. The lowest BCUT2D eigenvalue weighted by Gasteiger charge is -2.43. The Morgan fingerprint density at radius 1 is 1.08 bits per heavy atom. The van der Waals surface area contributed by atoms with Crippen molar-refractivity contribution >= 4 is 11.7 Å². The van der Waals surface area contributed by atoms with E-state index in [4.69, 9.17) is 0 Å². The molecule has 0 bridgehead atoms. The Kier molecular flexibility index (Phi) is 4.67. The summed E-state index contributed by atoms with van der Waals surface area (Å²) in [6.07, 6.45) is 10.4. The summed E-state index contributed by atoms with van der Waals surface area (Å²) in [4.78, 5) is 21.4. The van der Waals surface area contributed by atoms with Gasteiger partial charge in [0.15, 0.2) is 0 Å². The van der Waals surface area contributed by atoms with Gasteiger partial charge >= 0.3 is 0 Å². The molecule has 1 amide bonds. The van der Waals surface area contributed by atoms with Crippen LogP contribution in [0, 0.1) is 5.41 Å². The summed E-state index contributed by atoms with van der Waals surface area (Å²) in [5.41, 5.74) is 0.751. The summed E-state index contributed by atoms with van der Waals surface area (Å²) in [5.74, 6) is 1.05. The van der Waals surface area contributed by atoms with E-state index in [0.717, 1.165) is 76.9 Å². The predicted octanol–water partition coefficient (Wildman–Crippen LogP) is 2.84. The first kappa shape index (κ1) is 16.8. The van der Waals surface area contributed by atoms with Gasteiger partial charge in [0.05, 0.1) is 11.7 Å².